The quantitative estimate of drug-likeness (QED) is 0.124. The fraction of sp³-hybridized carbons (Fsp3) is 0.455. The van der Waals surface area contributed by atoms with E-state index in [0.29, 0.717) is 5.75 Å². The van der Waals surface area contributed by atoms with Crippen LogP contribution in [0.4, 0.5) is 0 Å². The topological polar surface area (TPSA) is 112 Å². The molecule has 0 bridgehead atoms. The second-order valence-electron chi connectivity index (χ2n) is 9.73. The zero-order valence-corrected chi connectivity index (χ0v) is 24.2. The van der Waals surface area contributed by atoms with Crippen LogP contribution in [0.5, 0.6) is 11.5 Å². The average Bonchev–Trinajstić information content (AvgIpc) is 3.00. The van der Waals surface area contributed by atoms with Gasteiger partial charge in [0, 0.05) is 0 Å². The highest BCUT2D eigenvalue weighted by Gasteiger charge is 2.10. The molecule has 0 heterocycles. The van der Waals surface area contributed by atoms with E-state index < -0.39 is 25.2 Å². The number of carbonyl (C=O) groups excluding carboxylic acids is 2. The van der Waals surface area contributed by atoms with E-state index in [1.54, 1.807) is 0 Å². The van der Waals surface area contributed by atoms with Gasteiger partial charge in [0.1, 0.15) is 37.9 Å². The Morgan fingerprint density at radius 3 is 1.80 bits per heavy atom. The summed E-state index contributed by atoms with van der Waals surface area (Å²) in [4.78, 5) is 23.1. The van der Waals surface area contributed by atoms with Crippen LogP contribution in [0.2, 0.25) is 0 Å². The number of unbranched alkanes of at least 4 members (excludes halogenated alkanes) is 4. The third-order valence-electron chi connectivity index (χ3n) is 6.46. The van der Waals surface area contributed by atoms with Crippen molar-refractivity contribution in [2.45, 2.75) is 58.3 Å². The van der Waals surface area contributed by atoms with E-state index in [1.165, 1.54) is 42.4 Å². The lowest BCUT2D eigenvalue weighted by Crippen LogP contribution is -2.15. The highest BCUT2D eigenvalue weighted by atomic mass is 16.6. The first-order valence-corrected chi connectivity index (χ1v) is 14.3. The SMILES string of the molecule is C=C(CO)C(=O)OCCOc1ccc(CCc2ccc(OCCOC(=O)C(=C)CO)cc2CCCCCCC)cc1. The van der Waals surface area contributed by atoms with E-state index in [-0.39, 0.29) is 37.6 Å². The Labute approximate surface area is 243 Å². The van der Waals surface area contributed by atoms with Crippen molar-refractivity contribution in [2.75, 3.05) is 39.6 Å². The maximum Gasteiger partial charge on any atom is 0.335 e. The van der Waals surface area contributed by atoms with Gasteiger partial charge in [-0.05, 0) is 66.6 Å². The van der Waals surface area contributed by atoms with Crippen LogP contribution in [0.3, 0.4) is 0 Å². The van der Waals surface area contributed by atoms with Gasteiger partial charge in [-0.3, -0.25) is 0 Å². The van der Waals surface area contributed by atoms with E-state index in [0.717, 1.165) is 31.4 Å². The molecule has 2 aromatic rings. The fourth-order valence-electron chi connectivity index (χ4n) is 4.04. The van der Waals surface area contributed by atoms with Crippen LogP contribution in [0.1, 0.15) is 55.7 Å². The Morgan fingerprint density at radius 2 is 1.22 bits per heavy atom. The van der Waals surface area contributed by atoms with E-state index in [2.05, 4.69) is 32.2 Å². The first-order valence-electron chi connectivity index (χ1n) is 14.3. The van der Waals surface area contributed by atoms with Gasteiger partial charge in [0.05, 0.1) is 24.4 Å². The number of carbonyl (C=O) groups is 2. The van der Waals surface area contributed by atoms with Crippen molar-refractivity contribution in [3.05, 3.63) is 83.5 Å². The van der Waals surface area contributed by atoms with Gasteiger partial charge in [-0.1, -0.05) is 64.0 Å². The summed E-state index contributed by atoms with van der Waals surface area (Å²) >= 11 is 0. The molecule has 0 aliphatic carbocycles. The molecule has 0 atom stereocenters. The maximum atomic E-state index is 11.6. The highest BCUT2D eigenvalue weighted by molar-refractivity contribution is 5.88. The van der Waals surface area contributed by atoms with Crippen molar-refractivity contribution in [3.63, 3.8) is 0 Å². The van der Waals surface area contributed by atoms with Gasteiger partial charge in [0.2, 0.25) is 0 Å². The summed E-state index contributed by atoms with van der Waals surface area (Å²) in [5, 5.41) is 17.9. The maximum absolute atomic E-state index is 11.6. The van der Waals surface area contributed by atoms with Gasteiger partial charge in [-0.2, -0.15) is 0 Å². The zero-order chi connectivity index (χ0) is 29.9. The van der Waals surface area contributed by atoms with Gasteiger partial charge in [-0.15, -0.1) is 0 Å². The van der Waals surface area contributed by atoms with E-state index in [9.17, 15) is 9.59 Å². The molecule has 0 saturated heterocycles. The predicted molar refractivity (Wildman–Crippen MR) is 158 cm³/mol. The smallest absolute Gasteiger partial charge is 0.335 e. The minimum absolute atomic E-state index is 0.0145. The first kappa shape index (κ1) is 33.6. The van der Waals surface area contributed by atoms with Gasteiger partial charge in [0.15, 0.2) is 0 Å². The largest absolute Gasteiger partial charge is 0.490 e. The molecule has 8 heteroatoms. The summed E-state index contributed by atoms with van der Waals surface area (Å²) in [7, 11) is 0. The summed E-state index contributed by atoms with van der Waals surface area (Å²) < 4.78 is 21.5. The fourth-order valence-corrected chi connectivity index (χ4v) is 4.04. The Kier molecular flexibility index (Phi) is 15.9. The lowest BCUT2D eigenvalue weighted by Gasteiger charge is -2.14. The van der Waals surface area contributed by atoms with Crippen LogP contribution in [-0.2, 0) is 38.3 Å². The zero-order valence-electron chi connectivity index (χ0n) is 24.2. The van der Waals surface area contributed by atoms with Gasteiger partial charge in [-0.25, -0.2) is 9.59 Å². The summed E-state index contributed by atoms with van der Waals surface area (Å²) in [5.41, 5.74) is 3.77. The lowest BCUT2D eigenvalue weighted by molar-refractivity contribution is -0.141. The molecular weight excluding hydrogens is 524 g/mol. The van der Waals surface area contributed by atoms with E-state index in [1.807, 2.05) is 30.3 Å². The first-order chi connectivity index (χ1) is 19.9. The average molecular weight is 569 g/mol. The van der Waals surface area contributed by atoms with Crippen LogP contribution in [0, 0.1) is 0 Å². The number of benzene rings is 2. The summed E-state index contributed by atoms with van der Waals surface area (Å²) in [6.07, 6.45) is 8.74. The number of esters is 2. The third-order valence-corrected chi connectivity index (χ3v) is 6.46. The van der Waals surface area contributed by atoms with E-state index >= 15 is 0 Å². The number of hydrogen-bond donors (Lipinski definition) is 2. The molecule has 0 aromatic heterocycles. The highest BCUT2D eigenvalue weighted by Crippen LogP contribution is 2.23. The lowest BCUT2D eigenvalue weighted by atomic mass is 9.95. The van der Waals surface area contributed by atoms with Crippen molar-refractivity contribution in [1.82, 2.24) is 0 Å². The number of hydrogen-bond acceptors (Lipinski definition) is 8. The number of aryl methyl sites for hydroxylation is 3. The monoisotopic (exact) mass is 568 g/mol. The van der Waals surface area contributed by atoms with Crippen LogP contribution in [0.25, 0.3) is 0 Å². The number of ether oxygens (including phenoxy) is 4. The van der Waals surface area contributed by atoms with Crippen LogP contribution in [0.15, 0.2) is 66.8 Å². The summed E-state index contributed by atoms with van der Waals surface area (Å²) in [5.74, 6) is 0.177. The molecule has 224 valence electrons. The van der Waals surface area contributed by atoms with Crippen LogP contribution >= 0.6 is 0 Å². The molecular formula is C33H44O8. The second-order valence-corrected chi connectivity index (χ2v) is 9.73. The Hall–Kier alpha value is -3.62. The second kappa shape index (κ2) is 19.5. The molecule has 2 N–H and O–H groups in total. The summed E-state index contributed by atoms with van der Waals surface area (Å²) in [6, 6.07) is 14.0. The standard InChI is InChI=1S/C33H44O8/c1-4-5-6-7-8-9-29-22-31(39-19-21-41-33(37)26(3)24-35)17-14-28(29)13-10-27-11-15-30(16-12-27)38-18-20-40-32(36)25(2)23-34/h11-12,14-17,22,34-35H,2-10,13,18-21,23-24H2,1H3. The minimum atomic E-state index is -0.627. The molecule has 0 aliphatic rings. The summed E-state index contributed by atoms with van der Waals surface area (Å²) in [6.45, 7) is 8.82. The molecule has 0 aliphatic heterocycles. The van der Waals surface area contributed by atoms with E-state index in [4.69, 9.17) is 29.2 Å². The van der Waals surface area contributed by atoms with Crippen molar-refractivity contribution < 1.29 is 38.7 Å². The van der Waals surface area contributed by atoms with Crippen LogP contribution < -0.4 is 9.47 Å². The van der Waals surface area contributed by atoms with Crippen LogP contribution in [-0.4, -0.2) is 61.8 Å². The molecule has 2 aromatic carbocycles. The van der Waals surface area contributed by atoms with Crippen molar-refractivity contribution >= 4 is 11.9 Å². The van der Waals surface area contributed by atoms with Gasteiger partial charge >= 0.3 is 11.9 Å². The number of aliphatic hydroxyl groups excluding tert-OH is 2. The molecule has 0 fully saturated rings. The molecule has 2 rings (SSSR count). The molecule has 0 unspecified atom stereocenters. The third kappa shape index (κ3) is 13.1. The predicted octanol–water partition coefficient (Wildman–Crippen LogP) is 4.93. The molecule has 0 saturated carbocycles. The Morgan fingerprint density at radius 1 is 0.659 bits per heavy atom. The molecule has 0 spiro atoms. The molecule has 8 nitrogen and oxygen atoms in total. The Bertz CT molecular complexity index is 1110. The minimum Gasteiger partial charge on any atom is -0.490 e. The molecule has 41 heavy (non-hydrogen) atoms. The van der Waals surface area contributed by atoms with Gasteiger partial charge in [0.25, 0.3) is 0 Å². The van der Waals surface area contributed by atoms with Crippen molar-refractivity contribution in [2.24, 2.45) is 0 Å². The van der Waals surface area contributed by atoms with Gasteiger partial charge < -0.3 is 29.2 Å². The normalized spacial score (nSPS) is 10.6. The number of rotatable bonds is 21. The number of aliphatic hydroxyl groups is 2. The molecule has 0 radical (unpaired) electrons. The van der Waals surface area contributed by atoms with Crippen molar-refractivity contribution in [1.29, 1.82) is 0 Å². The Balaban J connectivity index is 1.90. The van der Waals surface area contributed by atoms with Crippen molar-refractivity contribution in [3.8, 4) is 11.5 Å². The molecule has 0 amide bonds.